The molecule has 2 fully saturated rings. The highest BCUT2D eigenvalue weighted by atomic mass is 32.2. The van der Waals surface area contributed by atoms with Crippen LogP contribution in [-0.2, 0) is 22.1 Å². The Kier molecular flexibility index (Phi) is 8.18. The molecular weight excluding hydrogens is 520 g/mol. The zero-order valence-corrected chi connectivity index (χ0v) is 24.4. The van der Waals surface area contributed by atoms with Gasteiger partial charge in [0.25, 0.3) is 0 Å². The van der Waals surface area contributed by atoms with Crippen molar-refractivity contribution in [2.24, 2.45) is 0 Å². The third kappa shape index (κ3) is 6.11. The van der Waals surface area contributed by atoms with Gasteiger partial charge in [-0.05, 0) is 70.7 Å². The van der Waals surface area contributed by atoms with Crippen LogP contribution in [0.1, 0.15) is 43.2 Å². The van der Waals surface area contributed by atoms with E-state index in [0.717, 1.165) is 73.0 Å². The van der Waals surface area contributed by atoms with E-state index in [1.54, 1.807) is 17.5 Å². The van der Waals surface area contributed by atoms with Crippen molar-refractivity contribution in [3.8, 4) is 17.1 Å². The molecule has 0 saturated carbocycles. The van der Waals surface area contributed by atoms with Crippen LogP contribution in [0.5, 0.6) is 5.88 Å². The van der Waals surface area contributed by atoms with Crippen LogP contribution in [0.25, 0.3) is 21.5 Å². The van der Waals surface area contributed by atoms with Crippen LogP contribution in [0.3, 0.4) is 0 Å². The van der Waals surface area contributed by atoms with E-state index in [1.165, 1.54) is 38.2 Å². The Morgan fingerprint density at radius 1 is 1.08 bits per heavy atom. The topological polar surface area (TPSA) is 91.8 Å². The molecule has 38 heavy (non-hydrogen) atoms. The molecule has 0 radical (unpaired) electrons. The lowest BCUT2D eigenvalue weighted by Crippen LogP contribution is -2.41. The summed E-state index contributed by atoms with van der Waals surface area (Å²) in [5.41, 5.74) is 4.36. The van der Waals surface area contributed by atoms with E-state index in [2.05, 4.69) is 39.2 Å². The van der Waals surface area contributed by atoms with Crippen molar-refractivity contribution in [2.75, 3.05) is 58.5 Å². The summed E-state index contributed by atoms with van der Waals surface area (Å²) in [4.78, 5) is 21.8. The lowest BCUT2D eigenvalue weighted by molar-refractivity contribution is 0.140. The summed E-state index contributed by atoms with van der Waals surface area (Å²) in [7, 11) is 2.59. The number of fused-ring (bicyclic) bond motifs is 1. The summed E-state index contributed by atoms with van der Waals surface area (Å²) in [6, 6.07) is 2.51. The maximum atomic E-state index is 12.1. The minimum absolute atomic E-state index is 0.136. The monoisotopic (exact) mass is 558 g/mol. The average Bonchev–Trinajstić information content (AvgIpc) is 3.30. The van der Waals surface area contributed by atoms with Gasteiger partial charge in [0.1, 0.15) is 0 Å². The number of hydrogen-bond donors (Lipinski definition) is 0. The molecule has 0 bridgehead atoms. The predicted octanol–water partition coefficient (Wildman–Crippen LogP) is 3.82. The predicted molar refractivity (Wildman–Crippen MR) is 154 cm³/mol. The van der Waals surface area contributed by atoms with Gasteiger partial charge in [-0.15, -0.1) is 11.3 Å². The molecule has 0 amide bonds. The van der Waals surface area contributed by atoms with Gasteiger partial charge in [0, 0.05) is 54.8 Å². The molecule has 0 aromatic carbocycles. The van der Waals surface area contributed by atoms with E-state index >= 15 is 0 Å². The minimum atomic E-state index is -3.27. The second kappa shape index (κ2) is 11.4. The van der Waals surface area contributed by atoms with Gasteiger partial charge in [0.15, 0.2) is 9.84 Å². The first-order valence-electron chi connectivity index (χ1n) is 13.3. The number of nitrogens with zero attached hydrogens (tertiary/aromatic N) is 6. The van der Waals surface area contributed by atoms with Crippen LogP contribution in [0.15, 0.2) is 17.6 Å². The van der Waals surface area contributed by atoms with Gasteiger partial charge in [-0.1, -0.05) is 0 Å². The van der Waals surface area contributed by atoms with E-state index in [4.69, 9.17) is 14.7 Å². The standard InChI is InChI=1S/C27H38N6O3S2/c1-31(2)22-8-12-32(13-9-22)16-21-17-37-25-23(29-27(30-24(21)25)33-10-6-5-7-11-33)19-14-20(18-38(4,34)35)26(36-3)28-15-19/h14-15,17,22H,5-13,16,18H2,1-4H3. The molecule has 5 heterocycles. The van der Waals surface area contributed by atoms with Crippen molar-refractivity contribution in [3.63, 3.8) is 0 Å². The first-order chi connectivity index (χ1) is 18.2. The zero-order chi connectivity index (χ0) is 26.9. The van der Waals surface area contributed by atoms with Gasteiger partial charge in [-0.25, -0.2) is 23.4 Å². The summed E-state index contributed by atoms with van der Waals surface area (Å²) >= 11 is 1.66. The number of pyridine rings is 1. The molecule has 0 aliphatic carbocycles. The molecule has 3 aromatic heterocycles. The number of thiophene rings is 1. The number of rotatable bonds is 8. The molecule has 0 atom stereocenters. The zero-order valence-electron chi connectivity index (χ0n) is 22.8. The van der Waals surface area contributed by atoms with E-state index in [1.807, 2.05) is 6.07 Å². The van der Waals surface area contributed by atoms with Gasteiger partial charge >= 0.3 is 0 Å². The SMILES string of the molecule is COc1ncc(-c2nc(N3CCCCC3)nc3c(CN4CCC(N(C)C)CC4)csc23)cc1CS(C)(=O)=O. The third-order valence-corrected chi connectivity index (χ3v) is 9.47. The minimum Gasteiger partial charge on any atom is -0.481 e. The van der Waals surface area contributed by atoms with Crippen molar-refractivity contribution in [3.05, 3.63) is 28.8 Å². The number of hydrogen-bond acceptors (Lipinski definition) is 10. The van der Waals surface area contributed by atoms with E-state index in [9.17, 15) is 8.42 Å². The van der Waals surface area contributed by atoms with Crippen molar-refractivity contribution in [1.29, 1.82) is 0 Å². The summed E-state index contributed by atoms with van der Waals surface area (Å²) < 4.78 is 30.6. The molecule has 3 aromatic rings. The molecule has 5 rings (SSSR count). The van der Waals surface area contributed by atoms with Gasteiger partial charge in [0.05, 0.1) is 28.8 Å². The van der Waals surface area contributed by atoms with Crippen LogP contribution >= 0.6 is 11.3 Å². The lowest BCUT2D eigenvalue weighted by atomic mass is 10.0. The highest BCUT2D eigenvalue weighted by Gasteiger charge is 2.24. The molecule has 0 N–H and O–H groups in total. The van der Waals surface area contributed by atoms with Crippen LogP contribution < -0.4 is 9.64 Å². The number of likely N-dealkylation sites (tertiary alicyclic amines) is 1. The van der Waals surface area contributed by atoms with E-state index in [0.29, 0.717) is 17.5 Å². The normalized spacial score (nSPS) is 18.0. The van der Waals surface area contributed by atoms with Crippen LogP contribution in [0, 0.1) is 0 Å². The smallest absolute Gasteiger partial charge is 0.226 e. The molecule has 2 saturated heterocycles. The second-order valence-corrected chi connectivity index (χ2v) is 13.8. The van der Waals surface area contributed by atoms with Gasteiger partial charge in [-0.3, -0.25) is 4.90 Å². The van der Waals surface area contributed by atoms with Crippen LogP contribution in [-0.4, -0.2) is 92.9 Å². The fourth-order valence-corrected chi connectivity index (χ4v) is 7.31. The fraction of sp³-hybridized carbons (Fsp3) is 0.593. The maximum absolute atomic E-state index is 12.1. The van der Waals surface area contributed by atoms with Crippen molar-refractivity contribution < 1.29 is 13.2 Å². The average molecular weight is 559 g/mol. The highest BCUT2D eigenvalue weighted by molar-refractivity contribution is 7.89. The molecule has 2 aliphatic rings. The summed E-state index contributed by atoms with van der Waals surface area (Å²) in [5.74, 6) is 0.940. The van der Waals surface area contributed by atoms with E-state index in [-0.39, 0.29) is 5.75 Å². The quantitative estimate of drug-likeness (QED) is 0.409. The number of sulfone groups is 1. The molecule has 0 unspecified atom stereocenters. The van der Waals surface area contributed by atoms with Crippen LogP contribution in [0.4, 0.5) is 5.95 Å². The Morgan fingerprint density at radius 2 is 1.82 bits per heavy atom. The van der Waals surface area contributed by atoms with E-state index < -0.39 is 9.84 Å². The molecular formula is C27H38N6O3S2. The molecule has 0 spiro atoms. The molecule has 9 nitrogen and oxygen atoms in total. The Labute approximate surface area is 229 Å². The summed E-state index contributed by atoms with van der Waals surface area (Å²) in [6.07, 6.45) is 8.81. The van der Waals surface area contributed by atoms with Gasteiger partial charge < -0.3 is 14.5 Å². The van der Waals surface area contributed by atoms with Crippen molar-refractivity contribution in [2.45, 2.75) is 50.4 Å². The summed E-state index contributed by atoms with van der Waals surface area (Å²) in [6.45, 7) is 4.92. The molecule has 11 heteroatoms. The highest BCUT2D eigenvalue weighted by Crippen LogP contribution is 2.37. The lowest BCUT2D eigenvalue weighted by Gasteiger charge is -2.35. The summed E-state index contributed by atoms with van der Waals surface area (Å²) in [5, 5.41) is 2.22. The Balaban J connectivity index is 1.55. The third-order valence-electron chi connectivity index (χ3n) is 7.61. The number of anilines is 1. The number of ether oxygens (including phenoxy) is 1. The largest absolute Gasteiger partial charge is 0.481 e. The van der Waals surface area contributed by atoms with Crippen LogP contribution in [0.2, 0.25) is 0 Å². The van der Waals surface area contributed by atoms with Gasteiger partial charge in [-0.2, -0.15) is 0 Å². The number of piperidine rings is 2. The van der Waals surface area contributed by atoms with Gasteiger partial charge in [0.2, 0.25) is 11.8 Å². The first kappa shape index (κ1) is 27.2. The first-order valence-corrected chi connectivity index (χ1v) is 16.3. The Bertz CT molecular complexity index is 1380. The molecule has 2 aliphatic heterocycles. The molecule has 206 valence electrons. The number of aromatic nitrogens is 3. The Morgan fingerprint density at radius 3 is 2.47 bits per heavy atom. The second-order valence-electron chi connectivity index (χ2n) is 10.8. The van der Waals surface area contributed by atoms with Crippen molar-refractivity contribution in [1.82, 2.24) is 24.8 Å². The number of methoxy groups -OCH3 is 1. The Hall–Kier alpha value is -2.34. The van der Waals surface area contributed by atoms with Crippen molar-refractivity contribution >= 4 is 37.3 Å². The maximum Gasteiger partial charge on any atom is 0.226 e. The fourth-order valence-electron chi connectivity index (χ4n) is 5.53.